The highest BCUT2D eigenvalue weighted by atomic mass is 35.5. The zero-order valence-corrected chi connectivity index (χ0v) is 32.5. The number of carbonyl (C=O) groups is 3. The molecule has 2 aliphatic rings. The molecule has 290 valence electrons. The lowest BCUT2D eigenvalue weighted by atomic mass is 10.1. The summed E-state index contributed by atoms with van der Waals surface area (Å²) in [5, 5.41) is 12.5. The highest BCUT2D eigenvalue weighted by Gasteiger charge is 2.30. The smallest absolute Gasteiger partial charge is 0.410 e. The molecule has 4 N–H and O–H groups in total. The van der Waals surface area contributed by atoms with Gasteiger partial charge in [0.2, 0.25) is 17.7 Å². The second-order valence-corrected chi connectivity index (χ2v) is 15.2. The van der Waals surface area contributed by atoms with Crippen molar-refractivity contribution < 1.29 is 28.2 Å². The van der Waals surface area contributed by atoms with Crippen LogP contribution in [-0.2, 0) is 27.4 Å². The molecule has 0 aliphatic carbocycles. The van der Waals surface area contributed by atoms with E-state index in [1.165, 1.54) is 18.2 Å². The van der Waals surface area contributed by atoms with Gasteiger partial charge in [-0.15, -0.1) is 0 Å². The molecule has 2 fully saturated rings. The van der Waals surface area contributed by atoms with Crippen molar-refractivity contribution in [3.8, 4) is 28.4 Å². The molecule has 2 aliphatic heterocycles. The maximum atomic E-state index is 15.6. The van der Waals surface area contributed by atoms with E-state index in [0.29, 0.717) is 65.1 Å². The summed E-state index contributed by atoms with van der Waals surface area (Å²) in [6.07, 6.45) is 4.83. The predicted octanol–water partition coefficient (Wildman–Crippen LogP) is 6.79. The molecule has 5 heterocycles. The van der Waals surface area contributed by atoms with Gasteiger partial charge in [0, 0.05) is 79.2 Å². The number of ether oxygens (including phenoxy) is 2. The SMILES string of the molecule is COc1nc(-c2ccnc(-c3cccc(Nc4nccc(CNC[C@@H]5CCC(=O)N5)c4F)c3Cl)c2Cl)ccc1CN(C[C@@H]1CCC(=O)N1)C(=O)OC(C)(C)C. The van der Waals surface area contributed by atoms with Crippen molar-refractivity contribution in [3.05, 3.63) is 81.8 Å². The van der Waals surface area contributed by atoms with Gasteiger partial charge in [0.25, 0.3) is 0 Å². The Morgan fingerprint density at radius 2 is 1.67 bits per heavy atom. The van der Waals surface area contributed by atoms with E-state index in [1.54, 1.807) is 69.4 Å². The number of methoxy groups -OCH3 is 1. The molecule has 0 spiro atoms. The van der Waals surface area contributed by atoms with Crippen molar-refractivity contribution in [1.82, 2.24) is 35.8 Å². The summed E-state index contributed by atoms with van der Waals surface area (Å²) in [4.78, 5) is 51.7. The lowest BCUT2D eigenvalue weighted by Gasteiger charge is -2.29. The van der Waals surface area contributed by atoms with E-state index in [0.717, 1.165) is 6.42 Å². The summed E-state index contributed by atoms with van der Waals surface area (Å²) in [5.41, 5.74) is 2.60. The molecule has 4 aromatic rings. The average Bonchev–Trinajstić information content (AvgIpc) is 3.76. The molecule has 2 atom stereocenters. The Morgan fingerprint density at radius 1 is 0.945 bits per heavy atom. The normalized spacial score (nSPS) is 16.8. The van der Waals surface area contributed by atoms with Crippen LogP contribution in [0.15, 0.2) is 54.9 Å². The number of anilines is 2. The Morgan fingerprint density at radius 3 is 2.36 bits per heavy atom. The molecule has 3 amide bonds. The third kappa shape index (κ3) is 9.80. The Bertz CT molecular complexity index is 2080. The van der Waals surface area contributed by atoms with E-state index in [9.17, 15) is 14.4 Å². The minimum Gasteiger partial charge on any atom is -0.481 e. The van der Waals surface area contributed by atoms with E-state index in [2.05, 4.69) is 31.2 Å². The minimum atomic E-state index is -0.720. The van der Waals surface area contributed by atoms with Crippen LogP contribution < -0.4 is 26.0 Å². The van der Waals surface area contributed by atoms with Gasteiger partial charge in [-0.1, -0.05) is 35.3 Å². The van der Waals surface area contributed by atoms with Crippen LogP contribution in [0, 0.1) is 5.82 Å². The quantitative estimate of drug-likeness (QED) is 0.114. The number of rotatable bonds is 13. The van der Waals surface area contributed by atoms with Crippen LogP contribution in [0.25, 0.3) is 22.5 Å². The first kappa shape index (κ1) is 39.6. The van der Waals surface area contributed by atoms with Gasteiger partial charge in [0.15, 0.2) is 11.6 Å². The molecule has 0 radical (unpaired) electrons. The van der Waals surface area contributed by atoms with Crippen molar-refractivity contribution in [2.75, 3.05) is 25.5 Å². The molecule has 0 unspecified atom stereocenters. The molecular weight excluding hydrogens is 750 g/mol. The van der Waals surface area contributed by atoms with Crippen LogP contribution in [0.2, 0.25) is 10.0 Å². The topological polar surface area (TPSA) is 160 Å². The molecule has 3 aromatic heterocycles. The fourth-order valence-corrected chi connectivity index (χ4v) is 6.99. The largest absolute Gasteiger partial charge is 0.481 e. The summed E-state index contributed by atoms with van der Waals surface area (Å²) in [6.45, 7) is 6.53. The third-order valence-electron chi connectivity index (χ3n) is 9.10. The molecule has 55 heavy (non-hydrogen) atoms. The fourth-order valence-electron chi connectivity index (χ4n) is 6.42. The Kier molecular flexibility index (Phi) is 12.4. The van der Waals surface area contributed by atoms with Gasteiger partial charge >= 0.3 is 6.09 Å². The first-order valence-corrected chi connectivity index (χ1v) is 18.7. The Hall–Kier alpha value is -5.05. The Balaban J connectivity index is 1.21. The molecule has 1 aromatic carbocycles. The van der Waals surface area contributed by atoms with Crippen molar-refractivity contribution in [1.29, 1.82) is 0 Å². The number of pyridine rings is 3. The number of halogens is 3. The van der Waals surface area contributed by atoms with Crippen LogP contribution >= 0.6 is 23.2 Å². The average molecular weight is 794 g/mol. The lowest BCUT2D eigenvalue weighted by Crippen LogP contribution is -2.43. The second kappa shape index (κ2) is 17.2. The number of nitrogens with zero attached hydrogens (tertiary/aromatic N) is 4. The summed E-state index contributed by atoms with van der Waals surface area (Å²) in [7, 11) is 1.49. The van der Waals surface area contributed by atoms with Crippen LogP contribution in [-0.4, -0.2) is 75.6 Å². The van der Waals surface area contributed by atoms with E-state index in [4.69, 9.17) is 37.7 Å². The van der Waals surface area contributed by atoms with Gasteiger partial charge in [0.05, 0.1) is 40.8 Å². The molecule has 0 saturated carbocycles. The summed E-state index contributed by atoms with van der Waals surface area (Å²) in [6, 6.07) is 11.9. The van der Waals surface area contributed by atoms with Crippen molar-refractivity contribution in [2.45, 2.75) is 77.2 Å². The highest BCUT2D eigenvalue weighted by Crippen LogP contribution is 2.41. The summed E-state index contributed by atoms with van der Waals surface area (Å²) >= 11 is 13.9. The number of hydrogen-bond donors (Lipinski definition) is 4. The summed E-state index contributed by atoms with van der Waals surface area (Å²) < 4.78 is 26.9. The van der Waals surface area contributed by atoms with E-state index < -0.39 is 17.5 Å². The number of carbonyl (C=O) groups excluding carboxylic acids is 3. The van der Waals surface area contributed by atoms with Crippen LogP contribution in [0.3, 0.4) is 0 Å². The predicted molar refractivity (Wildman–Crippen MR) is 208 cm³/mol. The number of benzene rings is 1. The molecule has 16 heteroatoms. The van der Waals surface area contributed by atoms with Gasteiger partial charge < -0.3 is 35.6 Å². The van der Waals surface area contributed by atoms with Gasteiger partial charge in [-0.25, -0.2) is 19.2 Å². The van der Waals surface area contributed by atoms with Crippen molar-refractivity contribution in [2.24, 2.45) is 0 Å². The molecular formula is C39H43Cl2FN8O5. The van der Waals surface area contributed by atoms with Crippen LogP contribution in [0.5, 0.6) is 5.88 Å². The van der Waals surface area contributed by atoms with Crippen molar-refractivity contribution >= 4 is 52.6 Å². The third-order valence-corrected chi connectivity index (χ3v) is 9.89. The molecule has 0 bridgehead atoms. The van der Waals surface area contributed by atoms with E-state index >= 15 is 4.39 Å². The number of hydrogen-bond acceptors (Lipinski definition) is 10. The van der Waals surface area contributed by atoms with Crippen molar-refractivity contribution in [3.63, 3.8) is 0 Å². The van der Waals surface area contributed by atoms with E-state index in [1.807, 2.05) is 0 Å². The van der Waals surface area contributed by atoms with Gasteiger partial charge in [-0.2, -0.15) is 0 Å². The van der Waals surface area contributed by atoms with Gasteiger partial charge in [-0.3, -0.25) is 14.6 Å². The van der Waals surface area contributed by atoms with Crippen LogP contribution in [0.1, 0.15) is 57.6 Å². The molecule has 13 nitrogen and oxygen atoms in total. The maximum Gasteiger partial charge on any atom is 0.410 e. The first-order valence-electron chi connectivity index (χ1n) is 17.9. The number of amides is 3. The number of aromatic nitrogens is 3. The minimum absolute atomic E-state index is 0.00469. The lowest BCUT2D eigenvalue weighted by molar-refractivity contribution is -0.120. The first-order chi connectivity index (χ1) is 26.3. The fraction of sp³-hybridized carbons (Fsp3) is 0.385. The van der Waals surface area contributed by atoms with Gasteiger partial charge in [-0.05, 0) is 63.9 Å². The standard InChI is InChI=1S/C39H43Cl2FN8O5/c1-39(2,3)55-38(53)50(21-25-10-13-31(52)47-25)20-23-8-11-28(49-37(23)54-4)26-15-17-44-35(33(26)41)27-6-5-7-29(32(27)40)48-36-34(42)22(14-16-45-36)18-43-19-24-9-12-30(51)46-24/h5-8,11,14-17,24-25,43H,9-10,12-13,18-21H2,1-4H3,(H,45,48)(H,46,51)(H,47,52)/t24-,25-/m0/s1. The number of nitrogens with one attached hydrogen (secondary N) is 4. The highest BCUT2D eigenvalue weighted by molar-refractivity contribution is 6.39. The summed E-state index contributed by atoms with van der Waals surface area (Å²) in [5.74, 6) is -0.291. The zero-order chi connectivity index (χ0) is 39.3. The maximum absolute atomic E-state index is 15.6. The molecule has 2 saturated heterocycles. The Labute approximate surface area is 328 Å². The van der Waals surface area contributed by atoms with Crippen LogP contribution in [0.4, 0.5) is 20.7 Å². The monoisotopic (exact) mass is 792 g/mol. The van der Waals surface area contributed by atoms with Gasteiger partial charge in [0.1, 0.15) is 5.60 Å². The molecule has 6 rings (SSSR count). The van der Waals surface area contributed by atoms with E-state index in [-0.39, 0.29) is 65.3 Å². The second-order valence-electron chi connectivity index (χ2n) is 14.4. The zero-order valence-electron chi connectivity index (χ0n) is 31.0.